The highest BCUT2D eigenvalue weighted by Crippen LogP contribution is 2.19. The second-order valence-corrected chi connectivity index (χ2v) is 6.32. The molecule has 0 saturated carbocycles. The number of carbonyl (C=O) groups is 1. The number of likely N-dealkylation sites (tertiary alicyclic amines) is 1. The molecule has 1 rings (SSSR count). The lowest BCUT2D eigenvalue weighted by Crippen LogP contribution is -2.44. The number of ether oxygens (including phenoxy) is 2. The van der Waals surface area contributed by atoms with Gasteiger partial charge in [0.05, 0.1) is 12.7 Å². The van der Waals surface area contributed by atoms with Crippen LogP contribution in [0.15, 0.2) is 0 Å². The van der Waals surface area contributed by atoms with E-state index >= 15 is 0 Å². The molecule has 1 amide bonds. The predicted octanol–water partition coefficient (Wildman–Crippen LogP) is 3.06. The van der Waals surface area contributed by atoms with Gasteiger partial charge >= 0.3 is 6.09 Å². The summed E-state index contributed by atoms with van der Waals surface area (Å²) in [5.41, 5.74) is -0.418. The van der Waals surface area contributed by atoms with Crippen LogP contribution in [0.3, 0.4) is 0 Å². The molecule has 0 N–H and O–H groups in total. The van der Waals surface area contributed by atoms with Crippen molar-refractivity contribution in [3.63, 3.8) is 0 Å². The Morgan fingerprint density at radius 2 is 2.06 bits per heavy atom. The fourth-order valence-corrected chi connectivity index (χ4v) is 2.02. The summed E-state index contributed by atoms with van der Waals surface area (Å²) in [4.78, 5) is 13.8. The lowest BCUT2D eigenvalue weighted by molar-refractivity contribution is -0.000142. The average molecular weight is 257 g/mol. The van der Waals surface area contributed by atoms with Crippen LogP contribution in [0.25, 0.3) is 0 Å². The molecule has 1 aliphatic rings. The smallest absolute Gasteiger partial charge is 0.410 e. The van der Waals surface area contributed by atoms with Gasteiger partial charge in [-0.3, -0.25) is 0 Å². The van der Waals surface area contributed by atoms with Gasteiger partial charge in [0.25, 0.3) is 0 Å². The molecule has 0 aromatic carbocycles. The Morgan fingerprint density at radius 1 is 1.39 bits per heavy atom. The van der Waals surface area contributed by atoms with Gasteiger partial charge < -0.3 is 14.4 Å². The van der Waals surface area contributed by atoms with Gasteiger partial charge in [0.2, 0.25) is 0 Å². The molecule has 0 unspecified atom stereocenters. The predicted molar refractivity (Wildman–Crippen MR) is 71.6 cm³/mol. The van der Waals surface area contributed by atoms with Crippen molar-refractivity contribution in [2.45, 2.75) is 59.2 Å². The maximum absolute atomic E-state index is 12.0. The second kappa shape index (κ2) is 6.41. The lowest BCUT2D eigenvalue weighted by Gasteiger charge is -2.34. The van der Waals surface area contributed by atoms with Crippen LogP contribution >= 0.6 is 0 Å². The second-order valence-electron chi connectivity index (χ2n) is 6.32. The first-order valence-electron chi connectivity index (χ1n) is 6.87. The van der Waals surface area contributed by atoms with Gasteiger partial charge in [-0.2, -0.15) is 0 Å². The molecule has 0 spiro atoms. The number of rotatable bonds is 3. The van der Waals surface area contributed by atoms with E-state index in [1.54, 1.807) is 0 Å². The Hall–Kier alpha value is -0.770. The molecule has 1 aliphatic heterocycles. The molecule has 4 heteroatoms. The first-order chi connectivity index (χ1) is 8.28. The number of carbonyl (C=O) groups excluding carboxylic acids is 1. The minimum absolute atomic E-state index is 0.197. The molecular weight excluding hydrogens is 230 g/mol. The molecule has 0 radical (unpaired) electrons. The lowest BCUT2D eigenvalue weighted by atomic mass is 9.99. The zero-order valence-corrected chi connectivity index (χ0v) is 12.4. The molecule has 1 atom stereocenters. The van der Waals surface area contributed by atoms with Gasteiger partial charge in [-0.25, -0.2) is 4.79 Å². The van der Waals surface area contributed by atoms with E-state index in [9.17, 15) is 4.79 Å². The van der Waals surface area contributed by atoms with E-state index in [2.05, 4.69) is 0 Å². The van der Waals surface area contributed by atoms with Crippen molar-refractivity contribution < 1.29 is 14.3 Å². The summed E-state index contributed by atoms with van der Waals surface area (Å²) in [5, 5.41) is 0. The van der Waals surface area contributed by atoms with Crippen LogP contribution in [-0.4, -0.2) is 42.4 Å². The van der Waals surface area contributed by atoms with Crippen LogP contribution < -0.4 is 0 Å². The van der Waals surface area contributed by atoms with E-state index < -0.39 is 5.60 Å². The van der Waals surface area contributed by atoms with Crippen molar-refractivity contribution in [2.24, 2.45) is 5.92 Å². The van der Waals surface area contributed by atoms with Crippen molar-refractivity contribution in [1.82, 2.24) is 4.90 Å². The molecular formula is C14H27NO3. The highest BCUT2D eigenvalue weighted by Gasteiger charge is 2.27. The SMILES string of the molecule is CC(C)OC[C@H]1CCCN(C(=O)OC(C)(C)C)C1. The molecule has 0 aliphatic carbocycles. The van der Waals surface area contributed by atoms with Crippen molar-refractivity contribution in [1.29, 1.82) is 0 Å². The summed E-state index contributed by atoms with van der Waals surface area (Å²) in [6.45, 7) is 12.0. The first kappa shape index (κ1) is 15.3. The van der Waals surface area contributed by atoms with Gasteiger partial charge in [-0.15, -0.1) is 0 Å². The van der Waals surface area contributed by atoms with E-state index in [4.69, 9.17) is 9.47 Å². The van der Waals surface area contributed by atoms with Gasteiger partial charge in [0.15, 0.2) is 0 Å². The van der Waals surface area contributed by atoms with E-state index in [1.165, 1.54) is 0 Å². The number of piperidine rings is 1. The Balaban J connectivity index is 2.40. The molecule has 1 heterocycles. The Labute approximate surface area is 111 Å². The highest BCUT2D eigenvalue weighted by molar-refractivity contribution is 5.68. The molecule has 0 aromatic heterocycles. The summed E-state index contributed by atoms with van der Waals surface area (Å²) >= 11 is 0. The van der Waals surface area contributed by atoms with Crippen LogP contribution in [0.4, 0.5) is 4.79 Å². The minimum atomic E-state index is -0.418. The molecule has 0 aromatic rings. The summed E-state index contributed by atoms with van der Waals surface area (Å²) in [6.07, 6.45) is 2.22. The summed E-state index contributed by atoms with van der Waals surface area (Å²) < 4.78 is 11.0. The van der Waals surface area contributed by atoms with Crippen molar-refractivity contribution >= 4 is 6.09 Å². The average Bonchev–Trinajstić information content (AvgIpc) is 2.24. The van der Waals surface area contributed by atoms with E-state index in [1.807, 2.05) is 39.5 Å². The van der Waals surface area contributed by atoms with Crippen LogP contribution in [0.2, 0.25) is 0 Å². The summed E-state index contributed by atoms with van der Waals surface area (Å²) in [5.74, 6) is 0.439. The largest absolute Gasteiger partial charge is 0.444 e. The van der Waals surface area contributed by atoms with Gasteiger partial charge in [0, 0.05) is 19.0 Å². The maximum atomic E-state index is 12.0. The van der Waals surface area contributed by atoms with E-state index in [0.29, 0.717) is 5.92 Å². The zero-order chi connectivity index (χ0) is 13.8. The van der Waals surface area contributed by atoms with Gasteiger partial charge in [-0.1, -0.05) is 0 Å². The fraction of sp³-hybridized carbons (Fsp3) is 0.929. The summed E-state index contributed by atoms with van der Waals surface area (Å²) in [6, 6.07) is 0. The summed E-state index contributed by atoms with van der Waals surface area (Å²) in [7, 11) is 0. The van der Waals surface area contributed by atoms with Crippen LogP contribution in [-0.2, 0) is 9.47 Å². The third-order valence-electron chi connectivity index (χ3n) is 2.84. The maximum Gasteiger partial charge on any atom is 0.410 e. The molecule has 18 heavy (non-hydrogen) atoms. The standard InChI is InChI=1S/C14H27NO3/c1-11(2)17-10-12-7-6-8-15(9-12)13(16)18-14(3,4)5/h11-12H,6-10H2,1-5H3/t12-/m0/s1. The van der Waals surface area contributed by atoms with Crippen molar-refractivity contribution in [3.8, 4) is 0 Å². The molecule has 106 valence electrons. The monoisotopic (exact) mass is 257 g/mol. The molecule has 0 bridgehead atoms. The quantitative estimate of drug-likeness (QED) is 0.780. The number of hydrogen-bond acceptors (Lipinski definition) is 3. The molecule has 1 saturated heterocycles. The van der Waals surface area contributed by atoms with Crippen molar-refractivity contribution in [3.05, 3.63) is 0 Å². The van der Waals surface area contributed by atoms with Crippen LogP contribution in [0, 0.1) is 5.92 Å². The topological polar surface area (TPSA) is 38.8 Å². The number of hydrogen-bond donors (Lipinski definition) is 0. The molecule has 1 fully saturated rings. The Kier molecular flexibility index (Phi) is 5.45. The van der Waals surface area contributed by atoms with Gasteiger partial charge in [-0.05, 0) is 47.5 Å². The van der Waals surface area contributed by atoms with Crippen LogP contribution in [0.1, 0.15) is 47.5 Å². The minimum Gasteiger partial charge on any atom is -0.444 e. The fourth-order valence-electron chi connectivity index (χ4n) is 2.02. The first-order valence-corrected chi connectivity index (χ1v) is 6.87. The van der Waals surface area contributed by atoms with Gasteiger partial charge in [0.1, 0.15) is 5.60 Å². The third-order valence-corrected chi connectivity index (χ3v) is 2.84. The zero-order valence-electron chi connectivity index (χ0n) is 12.4. The highest BCUT2D eigenvalue weighted by atomic mass is 16.6. The van der Waals surface area contributed by atoms with Crippen molar-refractivity contribution in [2.75, 3.05) is 19.7 Å². The number of nitrogens with zero attached hydrogens (tertiary/aromatic N) is 1. The molecule has 4 nitrogen and oxygen atoms in total. The normalized spacial score (nSPS) is 21.2. The number of amides is 1. The van der Waals surface area contributed by atoms with E-state index in [0.717, 1.165) is 32.5 Å². The third kappa shape index (κ3) is 5.71. The van der Waals surface area contributed by atoms with Crippen LogP contribution in [0.5, 0.6) is 0 Å². The Morgan fingerprint density at radius 3 is 2.61 bits per heavy atom. The van der Waals surface area contributed by atoms with E-state index in [-0.39, 0.29) is 12.2 Å². The Bertz CT molecular complexity index is 271.